The monoisotopic (exact) mass is 430 g/mol. The molecule has 2 aromatic carbocycles. The van der Waals surface area contributed by atoms with Crippen LogP contribution in [0.1, 0.15) is 0 Å². The Hall–Kier alpha value is -2.88. The van der Waals surface area contributed by atoms with E-state index in [1.807, 2.05) is 0 Å². The molecule has 0 atom stereocenters. The van der Waals surface area contributed by atoms with E-state index in [1.165, 1.54) is 39.9 Å². The Morgan fingerprint density at radius 1 is 1.14 bits per heavy atom. The molecular formula is C18H11ClN4O3S2. The number of thiophene rings is 1. The summed E-state index contributed by atoms with van der Waals surface area (Å²) >= 11 is 8.51. The number of nitro benzene ring substituents is 1. The van der Waals surface area contributed by atoms with Gasteiger partial charge in [-0.2, -0.15) is 9.78 Å². The lowest BCUT2D eigenvalue weighted by Gasteiger charge is -2.09. The third-order valence-corrected chi connectivity index (χ3v) is 6.05. The van der Waals surface area contributed by atoms with Crippen LogP contribution < -0.4 is 11.3 Å². The van der Waals surface area contributed by atoms with Gasteiger partial charge in [0.05, 0.1) is 21.0 Å². The fourth-order valence-corrected chi connectivity index (χ4v) is 4.51. The number of nitrogen functional groups attached to an aromatic ring is 1. The minimum Gasteiger partial charge on any atom is -0.390 e. The van der Waals surface area contributed by atoms with Crippen LogP contribution >= 0.6 is 34.7 Å². The minimum absolute atomic E-state index is 0.00775. The third kappa shape index (κ3) is 3.35. The quantitative estimate of drug-likeness (QED) is 0.370. The topological polar surface area (TPSA) is 104 Å². The predicted molar refractivity (Wildman–Crippen MR) is 112 cm³/mol. The van der Waals surface area contributed by atoms with Crippen LogP contribution in [0.2, 0.25) is 5.02 Å². The molecule has 0 amide bonds. The molecule has 2 aromatic heterocycles. The highest BCUT2D eigenvalue weighted by Gasteiger charge is 2.17. The van der Waals surface area contributed by atoms with Gasteiger partial charge in [-0.15, -0.1) is 11.3 Å². The Bertz CT molecular complexity index is 1250. The van der Waals surface area contributed by atoms with Crippen molar-refractivity contribution in [1.29, 1.82) is 0 Å². The number of nitro groups is 1. The minimum atomic E-state index is -0.453. The number of nitrogens with zero attached hydrogens (tertiary/aromatic N) is 3. The molecule has 0 spiro atoms. The van der Waals surface area contributed by atoms with E-state index >= 15 is 0 Å². The van der Waals surface area contributed by atoms with Gasteiger partial charge in [0, 0.05) is 32.8 Å². The van der Waals surface area contributed by atoms with E-state index < -0.39 is 4.92 Å². The van der Waals surface area contributed by atoms with E-state index in [9.17, 15) is 14.9 Å². The highest BCUT2D eigenvalue weighted by atomic mass is 35.5. The van der Waals surface area contributed by atoms with Gasteiger partial charge in [0.1, 0.15) is 5.03 Å². The lowest BCUT2D eigenvalue weighted by molar-refractivity contribution is -0.384. The number of anilines is 1. The Morgan fingerprint density at radius 2 is 1.82 bits per heavy atom. The summed E-state index contributed by atoms with van der Waals surface area (Å²) in [5, 5.41) is 19.7. The van der Waals surface area contributed by atoms with Gasteiger partial charge in [0.2, 0.25) is 0 Å². The van der Waals surface area contributed by atoms with E-state index in [0.717, 1.165) is 4.90 Å². The summed E-state index contributed by atoms with van der Waals surface area (Å²) in [6.45, 7) is 0. The summed E-state index contributed by atoms with van der Waals surface area (Å²) in [6, 6.07) is 12.9. The first kappa shape index (κ1) is 18.5. The number of hydrogen-bond acceptors (Lipinski definition) is 7. The molecule has 0 aliphatic rings. The van der Waals surface area contributed by atoms with Crippen molar-refractivity contribution in [3.63, 3.8) is 0 Å². The molecule has 0 bridgehead atoms. The normalized spacial score (nSPS) is 11.0. The van der Waals surface area contributed by atoms with Crippen molar-refractivity contribution < 1.29 is 4.92 Å². The summed E-state index contributed by atoms with van der Waals surface area (Å²) in [5.41, 5.74) is 6.29. The first-order chi connectivity index (χ1) is 13.4. The molecule has 0 radical (unpaired) electrons. The number of benzene rings is 2. The highest BCUT2D eigenvalue weighted by molar-refractivity contribution is 7.99. The Labute approximate surface area is 171 Å². The Kier molecular flexibility index (Phi) is 4.80. The number of halogens is 1. The average molecular weight is 431 g/mol. The molecule has 7 nitrogen and oxygen atoms in total. The summed E-state index contributed by atoms with van der Waals surface area (Å²) < 4.78 is 1.29. The number of fused-ring (bicyclic) bond motifs is 1. The van der Waals surface area contributed by atoms with E-state index in [2.05, 4.69) is 5.10 Å². The molecule has 0 saturated heterocycles. The van der Waals surface area contributed by atoms with Crippen molar-refractivity contribution in [1.82, 2.24) is 9.78 Å². The van der Waals surface area contributed by atoms with Gasteiger partial charge >= 0.3 is 0 Å². The maximum absolute atomic E-state index is 12.9. The summed E-state index contributed by atoms with van der Waals surface area (Å²) in [4.78, 5) is 24.1. The van der Waals surface area contributed by atoms with Gasteiger partial charge in [-0.1, -0.05) is 23.4 Å². The predicted octanol–water partition coefficient (Wildman–Crippen LogP) is 4.74. The fraction of sp³-hybridized carbons (Fsp3) is 0. The second-order valence-corrected chi connectivity index (χ2v) is 8.15. The van der Waals surface area contributed by atoms with Gasteiger partial charge in [-0.25, -0.2) is 0 Å². The number of non-ortho nitro benzene ring substituents is 1. The molecule has 0 saturated carbocycles. The van der Waals surface area contributed by atoms with E-state index in [1.54, 1.807) is 41.8 Å². The SMILES string of the molecule is Nc1scc2c(Sc3ccc([N+](=O)[O-])cc3)nn(-c3ccc(Cl)cc3)c(=O)c12. The number of rotatable bonds is 4. The molecule has 2 heterocycles. The largest absolute Gasteiger partial charge is 0.390 e. The zero-order valence-electron chi connectivity index (χ0n) is 14.0. The molecule has 28 heavy (non-hydrogen) atoms. The molecule has 0 aliphatic heterocycles. The first-order valence-corrected chi connectivity index (χ1v) is 9.99. The molecule has 10 heteroatoms. The van der Waals surface area contributed by atoms with Crippen molar-refractivity contribution in [2.45, 2.75) is 9.92 Å². The summed E-state index contributed by atoms with van der Waals surface area (Å²) in [7, 11) is 0. The standard InChI is InChI=1S/C18H11ClN4O3S2/c19-10-1-3-11(4-2-10)22-18(24)15-14(9-27-16(15)20)17(21-22)28-13-7-5-12(6-8-13)23(25)26/h1-9H,20H2. The molecule has 0 unspecified atom stereocenters. The lowest BCUT2D eigenvalue weighted by atomic mass is 10.3. The van der Waals surface area contributed by atoms with Crippen LogP contribution in [0.25, 0.3) is 16.5 Å². The number of aromatic nitrogens is 2. The van der Waals surface area contributed by atoms with E-state index in [4.69, 9.17) is 17.3 Å². The van der Waals surface area contributed by atoms with Crippen molar-refractivity contribution in [3.05, 3.63) is 79.4 Å². The zero-order valence-corrected chi connectivity index (χ0v) is 16.4. The van der Waals surface area contributed by atoms with Gasteiger partial charge < -0.3 is 5.73 Å². The van der Waals surface area contributed by atoms with Crippen LogP contribution in [0.5, 0.6) is 0 Å². The van der Waals surface area contributed by atoms with Crippen molar-refractivity contribution in [3.8, 4) is 5.69 Å². The molecule has 0 aliphatic carbocycles. The van der Waals surface area contributed by atoms with Crippen molar-refractivity contribution in [2.24, 2.45) is 0 Å². The molecule has 2 N–H and O–H groups in total. The summed E-state index contributed by atoms with van der Waals surface area (Å²) in [6.07, 6.45) is 0. The van der Waals surface area contributed by atoms with Crippen LogP contribution in [0.4, 0.5) is 10.7 Å². The number of nitrogens with two attached hydrogens (primary N) is 1. The van der Waals surface area contributed by atoms with E-state index in [0.29, 0.717) is 31.5 Å². The Balaban J connectivity index is 1.85. The van der Waals surface area contributed by atoms with Crippen LogP contribution in [0.3, 0.4) is 0 Å². The molecular weight excluding hydrogens is 420 g/mol. The lowest BCUT2D eigenvalue weighted by Crippen LogP contribution is -2.22. The van der Waals surface area contributed by atoms with Gasteiger partial charge in [-0.3, -0.25) is 14.9 Å². The van der Waals surface area contributed by atoms with Gasteiger partial charge in [0.15, 0.2) is 0 Å². The van der Waals surface area contributed by atoms with Crippen LogP contribution in [-0.4, -0.2) is 14.7 Å². The van der Waals surface area contributed by atoms with Crippen LogP contribution in [0.15, 0.2) is 68.6 Å². The molecule has 0 fully saturated rings. The fourth-order valence-electron chi connectivity index (χ4n) is 2.63. The maximum atomic E-state index is 12.9. The smallest absolute Gasteiger partial charge is 0.282 e. The second kappa shape index (κ2) is 7.27. The van der Waals surface area contributed by atoms with Crippen molar-refractivity contribution in [2.75, 3.05) is 5.73 Å². The Morgan fingerprint density at radius 3 is 2.46 bits per heavy atom. The molecule has 4 aromatic rings. The third-order valence-electron chi connectivity index (χ3n) is 3.98. The van der Waals surface area contributed by atoms with Crippen molar-refractivity contribution >= 4 is 56.2 Å². The van der Waals surface area contributed by atoms with Gasteiger partial charge in [-0.05, 0) is 36.4 Å². The van der Waals surface area contributed by atoms with Crippen LogP contribution in [-0.2, 0) is 0 Å². The summed E-state index contributed by atoms with van der Waals surface area (Å²) in [5.74, 6) is 0. The zero-order chi connectivity index (χ0) is 19.8. The van der Waals surface area contributed by atoms with E-state index in [-0.39, 0.29) is 11.2 Å². The second-order valence-electron chi connectivity index (χ2n) is 5.74. The van der Waals surface area contributed by atoms with Crippen LogP contribution in [0, 0.1) is 10.1 Å². The molecule has 140 valence electrons. The maximum Gasteiger partial charge on any atom is 0.282 e. The average Bonchev–Trinajstić information content (AvgIpc) is 3.08. The molecule has 4 rings (SSSR count). The highest BCUT2D eigenvalue weighted by Crippen LogP contribution is 2.36. The first-order valence-electron chi connectivity index (χ1n) is 7.92. The number of hydrogen-bond donors (Lipinski definition) is 1. The van der Waals surface area contributed by atoms with Gasteiger partial charge in [0.25, 0.3) is 11.2 Å².